The molecule has 130 valence electrons. The van der Waals surface area contributed by atoms with E-state index in [1.165, 1.54) is 17.6 Å². The van der Waals surface area contributed by atoms with Gasteiger partial charge < -0.3 is 15.1 Å². The molecule has 0 aliphatic carbocycles. The largest absolute Gasteiger partial charge is 0.459 e. The summed E-state index contributed by atoms with van der Waals surface area (Å²) in [5.74, 6) is 0.455. The van der Waals surface area contributed by atoms with E-state index in [4.69, 9.17) is 4.42 Å². The van der Waals surface area contributed by atoms with Crippen LogP contribution in [0.4, 0.5) is 5.00 Å². The Morgan fingerprint density at radius 2 is 1.96 bits per heavy atom. The second-order valence-corrected chi connectivity index (χ2v) is 7.45. The van der Waals surface area contributed by atoms with Gasteiger partial charge in [-0.2, -0.15) is 0 Å². The van der Waals surface area contributed by atoms with Gasteiger partial charge in [-0.15, -0.1) is 11.3 Å². The SMILES string of the molecule is Cc1cc(NC(=O)c2ccco2)sc1C(=O)NC(C)CCC(C)C. The predicted octanol–water partition coefficient (Wildman–Crippen LogP) is 4.46. The van der Waals surface area contributed by atoms with Crippen molar-refractivity contribution in [1.82, 2.24) is 5.32 Å². The second kappa shape index (κ2) is 8.15. The topological polar surface area (TPSA) is 71.3 Å². The molecule has 2 N–H and O–H groups in total. The summed E-state index contributed by atoms with van der Waals surface area (Å²) < 4.78 is 5.06. The average molecular weight is 348 g/mol. The molecule has 0 saturated carbocycles. The van der Waals surface area contributed by atoms with Gasteiger partial charge in [-0.25, -0.2) is 0 Å². The first-order chi connectivity index (χ1) is 11.4. The van der Waals surface area contributed by atoms with E-state index < -0.39 is 0 Å². The van der Waals surface area contributed by atoms with Crippen LogP contribution < -0.4 is 10.6 Å². The molecule has 5 nitrogen and oxygen atoms in total. The molecule has 6 heteroatoms. The number of hydrogen-bond donors (Lipinski definition) is 2. The second-order valence-electron chi connectivity index (χ2n) is 6.40. The summed E-state index contributed by atoms with van der Waals surface area (Å²) in [6.07, 6.45) is 3.48. The summed E-state index contributed by atoms with van der Waals surface area (Å²) in [5.41, 5.74) is 0.850. The van der Waals surface area contributed by atoms with Crippen molar-refractivity contribution in [3.8, 4) is 0 Å². The fourth-order valence-electron chi connectivity index (χ4n) is 2.30. The van der Waals surface area contributed by atoms with Gasteiger partial charge >= 0.3 is 0 Å². The lowest BCUT2D eigenvalue weighted by molar-refractivity contribution is 0.0939. The van der Waals surface area contributed by atoms with E-state index in [0.717, 1.165) is 18.4 Å². The fourth-order valence-corrected chi connectivity index (χ4v) is 3.27. The fraction of sp³-hybridized carbons (Fsp3) is 0.444. The van der Waals surface area contributed by atoms with E-state index in [1.54, 1.807) is 18.2 Å². The van der Waals surface area contributed by atoms with Crippen molar-refractivity contribution in [2.24, 2.45) is 5.92 Å². The van der Waals surface area contributed by atoms with Gasteiger partial charge in [-0.05, 0) is 56.4 Å². The summed E-state index contributed by atoms with van der Waals surface area (Å²) in [4.78, 5) is 25.0. The van der Waals surface area contributed by atoms with E-state index in [2.05, 4.69) is 24.5 Å². The van der Waals surface area contributed by atoms with Crippen molar-refractivity contribution in [2.75, 3.05) is 5.32 Å². The molecule has 2 amide bonds. The number of carbonyl (C=O) groups excluding carboxylic acids is 2. The van der Waals surface area contributed by atoms with Gasteiger partial charge in [0.2, 0.25) is 0 Å². The Bertz CT molecular complexity index is 689. The van der Waals surface area contributed by atoms with Crippen LogP contribution in [0.2, 0.25) is 0 Å². The molecule has 1 atom stereocenters. The zero-order valence-electron chi connectivity index (χ0n) is 14.5. The van der Waals surface area contributed by atoms with E-state index >= 15 is 0 Å². The van der Waals surface area contributed by atoms with Gasteiger partial charge in [0.25, 0.3) is 11.8 Å². The van der Waals surface area contributed by atoms with Gasteiger partial charge in [0.05, 0.1) is 16.1 Å². The lowest BCUT2D eigenvalue weighted by Gasteiger charge is -2.14. The van der Waals surface area contributed by atoms with Crippen LogP contribution in [0.5, 0.6) is 0 Å². The highest BCUT2D eigenvalue weighted by molar-refractivity contribution is 7.18. The lowest BCUT2D eigenvalue weighted by atomic mass is 10.0. The Kier molecular flexibility index (Phi) is 6.20. The van der Waals surface area contributed by atoms with Crippen LogP contribution in [-0.4, -0.2) is 17.9 Å². The number of nitrogens with one attached hydrogen (secondary N) is 2. The highest BCUT2D eigenvalue weighted by atomic mass is 32.1. The Hall–Kier alpha value is -2.08. The van der Waals surface area contributed by atoms with E-state index in [-0.39, 0.29) is 23.6 Å². The standard InChI is InChI=1S/C18H24N2O3S/c1-11(2)7-8-13(4)19-18(22)16-12(3)10-15(24-16)20-17(21)14-6-5-9-23-14/h5-6,9-11,13H,7-8H2,1-4H3,(H,19,22)(H,20,21). The number of rotatable bonds is 7. The van der Waals surface area contributed by atoms with Gasteiger partial charge in [-0.1, -0.05) is 13.8 Å². The Labute approximate surface area is 146 Å². The highest BCUT2D eigenvalue weighted by Crippen LogP contribution is 2.27. The summed E-state index contributed by atoms with van der Waals surface area (Å²) in [5, 5.41) is 6.42. The summed E-state index contributed by atoms with van der Waals surface area (Å²) in [6, 6.07) is 5.19. The molecule has 0 aliphatic heterocycles. The smallest absolute Gasteiger partial charge is 0.291 e. The maximum atomic E-state index is 12.4. The van der Waals surface area contributed by atoms with E-state index in [1.807, 2.05) is 13.8 Å². The minimum atomic E-state index is -0.321. The van der Waals surface area contributed by atoms with Crippen LogP contribution >= 0.6 is 11.3 Å². The molecule has 24 heavy (non-hydrogen) atoms. The number of anilines is 1. The van der Waals surface area contributed by atoms with E-state index in [0.29, 0.717) is 15.8 Å². The quantitative estimate of drug-likeness (QED) is 0.776. The van der Waals surface area contributed by atoms with Gasteiger partial charge in [0, 0.05) is 6.04 Å². The third kappa shape index (κ3) is 4.96. The summed E-state index contributed by atoms with van der Waals surface area (Å²) >= 11 is 1.27. The first kappa shape index (κ1) is 18.3. The zero-order chi connectivity index (χ0) is 17.7. The van der Waals surface area contributed by atoms with Gasteiger partial charge in [-0.3, -0.25) is 9.59 Å². The number of furan rings is 1. The zero-order valence-corrected chi connectivity index (χ0v) is 15.3. The molecule has 0 aromatic carbocycles. The predicted molar refractivity (Wildman–Crippen MR) is 96.7 cm³/mol. The average Bonchev–Trinajstić information content (AvgIpc) is 3.14. The molecule has 2 rings (SSSR count). The number of carbonyl (C=O) groups is 2. The van der Waals surface area contributed by atoms with E-state index in [9.17, 15) is 9.59 Å². The van der Waals surface area contributed by atoms with Crippen molar-refractivity contribution in [1.29, 1.82) is 0 Å². The molecular weight excluding hydrogens is 324 g/mol. The molecule has 0 saturated heterocycles. The molecule has 0 fully saturated rings. The van der Waals surface area contributed by atoms with Crippen LogP contribution in [0.1, 0.15) is 59.4 Å². The summed E-state index contributed by atoms with van der Waals surface area (Å²) in [7, 11) is 0. The third-order valence-electron chi connectivity index (χ3n) is 3.66. The molecule has 2 heterocycles. The van der Waals surface area contributed by atoms with Crippen LogP contribution in [0.3, 0.4) is 0 Å². The maximum Gasteiger partial charge on any atom is 0.291 e. The Morgan fingerprint density at radius 1 is 1.21 bits per heavy atom. The first-order valence-corrected chi connectivity index (χ1v) is 8.94. The molecular formula is C18H24N2O3S. The normalized spacial score (nSPS) is 12.2. The van der Waals surface area contributed by atoms with Crippen LogP contribution in [0, 0.1) is 12.8 Å². The molecule has 1 unspecified atom stereocenters. The Balaban J connectivity index is 1.97. The van der Waals surface area contributed by atoms with Gasteiger partial charge in [0.1, 0.15) is 0 Å². The summed E-state index contributed by atoms with van der Waals surface area (Å²) in [6.45, 7) is 8.23. The molecule has 2 aromatic rings. The molecule has 0 aliphatic rings. The molecule has 0 spiro atoms. The third-order valence-corrected chi connectivity index (χ3v) is 4.81. The lowest BCUT2D eigenvalue weighted by Crippen LogP contribution is -2.32. The Morgan fingerprint density at radius 3 is 2.58 bits per heavy atom. The molecule has 0 bridgehead atoms. The number of thiophene rings is 1. The van der Waals surface area contributed by atoms with Crippen molar-refractivity contribution in [3.05, 3.63) is 40.7 Å². The molecule has 2 aromatic heterocycles. The van der Waals surface area contributed by atoms with Crippen LogP contribution in [0.15, 0.2) is 28.9 Å². The first-order valence-electron chi connectivity index (χ1n) is 8.13. The van der Waals surface area contributed by atoms with Crippen molar-refractivity contribution in [3.63, 3.8) is 0 Å². The van der Waals surface area contributed by atoms with Crippen LogP contribution in [0.25, 0.3) is 0 Å². The number of amides is 2. The molecule has 0 radical (unpaired) electrons. The van der Waals surface area contributed by atoms with Crippen molar-refractivity contribution >= 4 is 28.2 Å². The van der Waals surface area contributed by atoms with Crippen molar-refractivity contribution < 1.29 is 14.0 Å². The highest BCUT2D eigenvalue weighted by Gasteiger charge is 2.18. The maximum absolute atomic E-state index is 12.4. The number of hydrogen-bond acceptors (Lipinski definition) is 4. The van der Waals surface area contributed by atoms with Gasteiger partial charge in [0.15, 0.2) is 5.76 Å². The van der Waals surface area contributed by atoms with Crippen molar-refractivity contribution in [2.45, 2.75) is 46.6 Å². The minimum absolute atomic E-state index is 0.0905. The number of aryl methyl sites for hydroxylation is 1. The van der Waals surface area contributed by atoms with Crippen LogP contribution in [-0.2, 0) is 0 Å². The monoisotopic (exact) mass is 348 g/mol. The minimum Gasteiger partial charge on any atom is -0.459 e.